The Kier molecular flexibility index (Phi) is 5.82. The van der Waals surface area contributed by atoms with E-state index in [1.54, 1.807) is 14.0 Å². The summed E-state index contributed by atoms with van der Waals surface area (Å²) in [4.78, 5) is 13.1. The van der Waals surface area contributed by atoms with Gasteiger partial charge in [0, 0.05) is 39.1 Å². The van der Waals surface area contributed by atoms with Gasteiger partial charge in [-0.25, -0.2) is 0 Å². The molecule has 0 unspecified atom stereocenters. The number of nitrogens with zero attached hydrogens (tertiary/aromatic N) is 1. The van der Waals surface area contributed by atoms with Gasteiger partial charge in [0.15, 0.2) is 0 Å². The molecule has 1 amide bonds. The monoisotopic (exact) mass is 297 g/mol. The van der Waals surface area contributed by atoms with Gasteiger partial charge in [-0.05, 0) is 12.8 Å². The SMILES string of the molecule is COCC[C@]1(O)CCN(C(=O)CCC(F)(F)F)C[C@H]1C. The van der Waals surface area contributed by atoms with Crippen molar-refractivity contribution in [3.8, 4) is 0 Å². The molecular weight excluding hydrogens is 275 g/mol. The lowest BCUT2D eigenvalue weighted by atomic mass is 9.80. The van der Waals surface area contributed by atoms with Crippen LogP contribution in [0.1, 0.15) is 32.6 Å². The highest BCUT2D eigenvalue weighted by Gasteiger charge is 2.40. The number of alkyl halides is 3. The topological polar surface area (TPSA) is 49.8 Å². The zero-order valence-corrected chi connectivity index (χ0v) is 11.9. The molecule has 0 aromatic heterocycles. The van der Waals surface area contributed by atoms with Crippen LogP contribution in [0.15, 0.2) is 0 Å². The zero-order valence-electron chi connectivity index (χ0n) is 11.9. The van der Waals surface area contributed by atoms with Crippen LogP contribution in [0.5, 0.6) is 0 Å². The van der Waals surface area contributed by atoms with E-state index in [-0.39, 0.29) is 12.5 Å². The normalized spacial score (nSPS) is 27.7. The first-order chi connectivity index (χ1) is 9.18. The summed E-state index contributed by atoms with van der Waals surface area (Å²) in [5.74, 6) is -0.677. The first-order valence-corrected chi connectivity index (χ1v) is 6.74. The largest absolute Gasteiger partial charge is 0.389 e. The molecule has 0 radical (unpaired) electrons. The maximum atomic E-state index is 12.1. The number of rotatable bonds is 5. The Morgan fingerprint density at radius 2 is 2.15 bits per heavy atom. The maximum absolute atomic E-state index is 12.1. The minimum absolute atomic E-state index is 0.179. The van der Waals surface area contributed by atoms with Crippen LogP contribution in [-0.2, 0) is 9.53 Å². The minimum Gasteiger partial charge on any atom is -0.389 e. The molecule has 0 aliphatic carbocycles. The number of amides is 1. The summed E-state index contributed by atoms with van der Waals surface area (Å²) in [6.07, 6.45) is -5.09. The molecule has 4 nitrogen and oxygen atoms in total. The smallest absolute Gasteiger partial charge is 0.389 e. The maximum Gasteiger partial charge on any atom is 0.389 e. The number of aliphatic hydroxyl groups is 1. The van der Waals surface area contributed by atoms with Crippen LogP contribution in [0.4, 0.5) is 13.2 Å². The molecule has 0 aromatic carbocycles. The summed E-state index contributed by atoms with van der Waals surface area (Å²) in [5, 5.41) is 10.4. The van der Waals surface area contributed by atoms with Crippen LogP contribution < -0.4 is 0 Å². The lowest BCUT2D eigenvalue weighted by Gasteiger charge is -2.43. The molecule has 1 aliphatic rings. The highest BCUT2D eigenvalue weighted by Crippen LogP contribution is 2.31. The van der Waals surface area contributed by atoms with Crippen LogP contribution in [0.2, 0.25) is 0 Å². The summed E-state index contributed by atoms with van der Waals surface area (Å²) >= 11 is 0. The van der Waals surface area contributed by atoms with Gasteiger partial charge in [-0.1, -0.05) is 6.92 Å². The summed E-state index contributed by atoms with van der Waals surface area (Å²) in [6, 6.07) is 0. The molecule has 0 spiro atoms. The number of ether oxygens (including phenoxy) is 1. The molecule has 2 atom stereocenters. The lowest BCUT2D eigenvalue weighted by Crippen LogP contribution is -2.53. The van der Waals surface area contributed by atoms with Crippen LogP contribution >= 0.6 is 0 Å². The molecular formula is C13H22F3NO3. The third-order valence-corrected chi connectivity index (χ3v) is 3.94. The van der Waals surface area contributed by atoms with E-state index in [4.69, 9.17) is 4.74 Å². The third kappa shape index (κ3) is 4.94. The van der Waals surface area contributed by atoms with Crippen LogP contribution in [0.25, 0.3) is 0 Å². The predicted octanol–water partition coefficient (Wildman–Crippen LogP) is 1.96. The molecule has 1 rings (SSSR count). The van der Waals surface area contributed by atoms with E-state index in [9.17, 15) is 23.1 Å². The molecule has 1 N–H and O–H groups in total. The van der Waals surface area contributed by atoms with Crippen molar-refractivity contribution in [3.05, 3.63) is 0 Å². The van der Waals surface area contributed by atoms with Gasteiger partial charge in [0.2, 0.25) is 5.91 Å². The highest BCUT2D eigenvalue weighted by atomic mass is 19.4. The van der Waals surface area contributed by atoms with E-state index in [2.05, 4.69) is 0 Å². The van der Waals surface area contributed by atoms with Gasteiger partial charge in [0.25, 0.3) is 0 Å². The average molecular weight is 297 g/mol. The second-order valence-corrected chi connectivity index (χ2v) is 5.45. The fourth-order valence-electron chi connectivity index (χ4n) is 2.45. The van der Waals surface area contributed by atoms with Crippen LogP contribution in [0.3, 0.4) is 0 Å². The molecule has 20 heavy (non-hydrogen) atoms. The molecule has 7 heteroatoms. The van der Waals surface area contributed by atoms with Crippen molar-refractivity contribution in [2.24, 2.45) is 5.92 Å². The number of carbonyl (C=O) groups is 1. The van der Waals surface area contributed by atoms with Gasteiger partial charge in [0.1, 0.15) is 0 Å². The molecule has 1 fully saturated rings. The summed E-state index contributed by atoms with van der Waals surface area (Å²) < 4.78 is 41.2. The fraction of sp³-hybridized carbons (Fsp3) is 0.923. The first kappa shape index (κ1) is 17.2. The quantitative estimate of drug-likeness (QED) is 0.844. The van der Waals surface area contributed by atoms with Crippen molar-refractivity contribution < 1.29 is 27.8 Å². The Morgan fingerprint density at radius 1 is 1.50 bits per heavy atom. The molecule has 0 aromatic rings. The van der Waals surface area contributed by atoms with Crippen molar-refractivity contribution in [3.63, 3.8) is 0 Å². The molecule has 0 bridgehead atoms. The van der Waals surface area contributed by atoms with Crippen molar-refractivity contribution in [2.45, 2.75) is 44.4 Å². The summed E-state index contributed by atoms with van der Waals surface area (Å²) in [7, 11) is 1.55. The van der Waals surface area contributed by atoms with Crippen LogP contribution in [0, 0.1) is 5.92 Å². The molecule has 1 heterocycles. The van der Waals surface area contributed by atoms with Gasteiger partial charge in [-0.2, -0.15) is 13.2 Å². The number of hydrogen-bond acceptors (Lipinski definition) is 3. The Morgan fingerprint density at radius 3 is 2.65 bits per heavy atom. The molecule has 1 saturated heterocycles. The van der Waals surface area contributed by atoms with Crippen molar-refractivity contribution in [2.75, 3.05) is 26.8 Å². The number of likely N-dealkylation sites (tertiary alicyclic amines) is 1. The Labute approximate surface area is 116 Å². The standard InChI is InChI=1S/C13H22F3NO3/c1-10-9-17(11(18)3-4-13(14,15)16)7-5-12(10,19)6-8-20-2/h10,19H,3-9H2,1-2H3/t10-,12-/m1/s1. The number of halogens is 3. The van der Waals surface area contributed by atoms with E-state index in [0.717, 1.165) is 0 Å². The molecule has 118 valence electrons. The van der Waals surface area contributed by atoms with Crippen LogP contribution in [-0.4, -0.2) is 54.5 Å². The first-order valence-electron chi connectivity index (χ1n) is 6.74. The highest BCUT2D eigenvalue weighted by molar-refractivity contribution is 5.76. The summed E-state index contributed by atoms with van der Waals surface area (Å²) in [5.41, 5.74) is -0.906. The second kappa shape index (κ2) is 6.76. The van der Waals surface area contributed by atoms with E-state index in [1.165, 1.54) is 4.90 Å². The van der Waals surface area contributed by atoms with E-state index in [1.807, 2.05) is 0 Å². The molecule has 0 saturated carbocycles. The van der Waals surface area contributed by atoms with E-state index >= 15 is 0 Å². The van der Waals surface area contributed by atoms with Gasteiger partial charge >= 0.3 is 6.18 Å². The number of carbonyl (C=O) groups excluding carboxylic acids is 1. The fourth-order valence-corrected chi connectivity index (χ4v) is 2.45. The van der Waals surface area contributed by atoms with Crippen molar-refractivity contribution in [1.29, 1.82) is 0 Å². The summed E-state index contributed by atoms with van der Waals surface area (Å²) in [6.45, 7) is 2.81. The van der Waals surface area contributed by atoms with E-state index < -0.39 is 30.5 Å². The average Bonchev–Trinajstić information content (AvgIpc) is 2.36. The van der Waals surface area contributed by atoms with Crippen molar-refractivity contribution in [1.82, 2.24) is 4.90 Å². The number of piperidine rings is 1. The second-order valence-electron chi connectivity index (χ2n) is 5.45. The predicted molar refractivity (Wildman–Crippen MR) is 67.1 cm³/mol. The lowest BCUT2D eigenvalue weighted by molar-refractivity contribution is -0.154. The zero-order chi connectivity index (χ0) is 15.4. The Bertz CT molecular complexity index is 335. The molecule has 1 aliphatic heterocycles. The number of methoxy groups -OCH3 is 1. The minimum atomic E-state index is -4.31. The van der Waals surface area contributed by atoms with Gasteiger partial charge in [-0.15, -0.1) is 0 Å². The third-order valence-electron chi connectivity index (χ3n) is 3.94. The Balaban J connectivity index is 2.48. The van der Waals surface area contributed by atoms with E-state index in [0.29, 0.717) is 26.0 Å². The number of hydrogen-bond donors (Lipinski definition) is 1. The van der Waals surface area contributed by atoms with Crippen molar-refractivity contribution >= 4 is 5.91 Å². The van der Waals surface area contributed by atoms with Gasteiger partial charge < -0.3 is 14.7 Å². The van der Waals surface area contributed by atoms with Gasteiger partial charge in [-0.3, -0.25) is 4.79 Å². The Hall–Kier alpha value is -0.820. The van der Waals surface area contributed by atoms with Gasteiger partial charge in [0.05, 0.1) is 12.0 Å².